The second-order valence-electron chi connectivity index (χ2n) is 2.63. The molecule has 97 valence electrons. The monoisotopic (exact) mass is 290 g/mol. The van der Waals surface area contributed by atoms with Crippen LogP contribution in [0.15, 0.2) is 23.3 Å². The van der Waals surface area contributed by atoms with E-state index in [1.165, 1.54) is 13.3 Å². The van der Waals surface area contributed by atoms with Crippen molar-refractivity contribution in [2.75, 3.05) is 7.11 Å². The molecule has 6 N–H and O–H groups in total. The third kappa shape index (κ3) is 5.21. The Morgan fingerprint density at radius 3 is 2.76 bits per heavy atom. The summed E-state index contributed by atoms with van der Waals surface area (Å²) in [6.45, 7) is 0. The van der Waals surface area contributed by atoms with E-state index in [1.807, 2.05) is 0 Å². The molecule has 8 heteroatoms. The maximum absolute atomic E-state index is 8.54. The maximum Gasteiger partial charge on any atom is 2.00 e. The summed E-state index contributed by atoms with van der Waals surface area (Å²) in [5.41, 5.74) is 8.61. The molecule has 7 nitrogen and oxygen atoms in total. The molecule has 0 saturated carbocycles. The van der Waals surface area contributed by atoms with E-state index < -0.39 is 6.03 Å². The fraction of sp³-hybridized carbons (Fsp3) is 0.111. The number of hydrogen-bond donors (Lipinski definition) is 1. The van der Waals surface area contributed by atoms with Gasteiger partial charge < -0.3 is 21.1 Å². The fourth-order valence-electron chi connectivity index (χ4n) is 0.976. The molecule has 0 aliphatic rings. The molecule has 1 rings (SSSR count). The van der Waals surface area contributed by atoms with Crippen LogP contribution in [0.25, 0.3) is 5.43 Å². The standard InChI is InChI=1S/C9H11N3O3.Cu.H2O/c1-15-7-4-2-3-6(8(7)13)5-11-12-9(10)14;;/h2-5H,1H3,(H4,10,11,12,13,14);;1H2/q;+2;. The van der Waals surface area contributed by atoms with Gasteiger partial charge in [-0.25, -0.2) is 0 Å². The van der Waals surface area contributed by atoms with Crippen LogP contribution in [-0.4, -0.2) is 34.7 Å². The number of ether oxygens (including phenoxy) is 1. The quantitative estimate of drug-likeness (QED) is 0.365. The zero-order valence-corrected chi connectivity index (χ0v) is 9.83. The minimum absolute atomic E-state index is 0. The van der Waals surface area contributed by atoms with Gasteiger partial charge in [-0.2, -0.15) is 0 Å². The van der Waals surface area contributed by atoms with Crippen LogP contribution in [0.4, 0.5) is 0 Å². The summed E-state index contributed by atoms with van der Waals surface area (Å²) in [5, 5.41) is 11.2. The summed E-state index contributed by atoms with van der Waals surface area (Å²) in [6, 6.07) is 4.45. The van der Waals surface area contributed by atoms with Crippen molar-refractivity contribution in [2.45, 2.75) is 0 Å². The van der Waals surface area contributed by atoms with Crippen LogP contribution in [-0.2, 0) is 17.1 Å². The molecular formula is C9H13CuN3O4+2. The van der Waals surface area contributed by atoms with Crippen molar-refractivity contribution in [2.24, 2.45) is 10.8 Å². The van der Waals surface area contributed by atoms with Gasteiger partial charge in [-0.3, -0.25) is 15.3 Å². The minimum Gasteiger partial charge on any atom is -0.870 e. The van der Waals surface area contributed by atoms with Gasteiger partial charge in [0.1, 0.15) is 0 Å². The number of hydrogen-bond acceptors (Lipinski definition) is 3. The molecule has 0 fully saturated rings. The summed E-state index contributed by atoms with van der Waals surface area (Å²) < 4.78 is 4.95. The molecule has 1 radical (unpaired) electrons. The Bertz CT molecular complexity index is 398. The molecule has 0 heterocycles. The number of para-hydroxylation sites is 1. The number of nitrogens with two attached hydrogens (primary N) is 1. The van der Waals surface area contributed by atoms with Gasteiger partial charge in [0.05, 0.1) is 12.7 Å². The second-order valence-corrected chi connectivity index (χ2v) is 2.63. The van der Waals surface area contributed by atoms with E-state index in [2.05, 4.69) is 10.5 Å². The van der Waals surface area contributed by atoms with Gasteiger partial charge in [0, 0.05) is 6.21 Å². The van der Waals surface area contributed by atoms with Crippen LogP contribution in [0, 0.1) is 0 Å². The van der Waals surface area contributed by atoms with E-state index >= 15 is 0 Å². The van der Waals surface area contributed by atoms with Crippen molar-refractivity contribution in [1.29, 1.82) is 0 Å². The van der Waals surface area contributed by atoms with E-state index in [9.17, 15) is 0 Å². The van der Waals surface area contributed by atoms with Crippen LogP contribution in [0.1, 0.15) is 5.56 Å². The van der Waals surface area contributed by atoms with Crippen LogP contribution >= 0.6 is 0 Å². The molecule has 1 aromatic carbocycles. The average molecular weight is 291 g/mol. The predicted octanol–water partition coefficient (Wildman–Crippen LogP) is 0.0800. The first kappa shape index (κ1) is 17.6. The number of primary amides is 1. The number of carbonyl (C=O) groups excluding carboxylic acids is 1. The van der Waals surface area contributed by atoms with Crippen molar-refractivity contribution >= 4 is 12.2 Å². The van der Waals surface area contributed by atoms with Crippen molar-refractivity contribution in [1.82, 2.24) is 0 Å². The Balaban J connectivity index is 0. The molecular weight excluding hydrogens is 278 g/mol. The van der Waals surface area contributed by atoms with Crippen LogP contribution < -0.4 is 10.5 Å². The zero-order valence-electron chi connectivity index (χ0n) is 8.89. The van der Waals surface area contributed by atoms with Gasteiger partial charge in [-0.05, 0) is 12.1 Å². The van der Waals surface area contributed by atoms with Crippen molar-refractivity contribution < 1.29 is 37.2 Å². The summed E-state index contributed by atoms with van der Waals surface area (Å²) in [5.74, 6) is 0.648. The topological polar surface area (TPSA) is 136 Å². The van der Waals surface area contributed by atoms with Crippen molar-refractivity contribution in [3.63, 3.8) is 0 Å². The molecule has 1 aromatic rings. The first-order valence-electron chi connectivity index (χ1n) is 4.09. The molecule has 0 aromatic heterocycles. The van der Waals surface area contributed by atoms with Gasteiger partial charge in [-0.1, -0.05) is 6.07 Å². The largest absolute Gasteiger partial charge is 2.00 e. The van der Waals surface area contributed by atoms with E-state index in [0.29, 0.717) is 11.3 Å². The van der Waals surface area contributed by atoms with E-state index in [-0.39, 0.29) is 28.3 Å². The third-order valence-electron chi connectivity index (χ3n) is 1.64. The van der Waals surface area contributed by atoms with E-state index in [0.717, 1.165) is 0 Å². The number of benzene rings is 1. The molecule has 0 spiro atoms. The number of urea groups is 1. The van der Waals surface area contributed by atoms with E-state index in [4.69, 9.17) is 20.4 Å². The molecule has 17 heavy (non-hydrogen) atoms. The van der Waals surface area contributed by atoms with Crippen LogP contribution in [0.5, 0.6) is 11.5 Å². The molecule has 0 bridgehead atoms. The zero-order chi connectivity index (χ0) is 11.3. The third-order valence-corrected chi connectivity index (χ3v) is 1.64. The minimum atomic E-state index is -0.624. The van der Waals surface area contributed by atoms with Crippen LogP contribution in [0.3, 0.4) is 0 Å². The Kier molecular flexibility index (Phi) is 8.71. The van der Waals surface area contributed by atoms with Crippen LogP contribution in [0.2, 0.25) is 0 Å². The molecule has 0 atom stereocenters. The van der Waals surface area contributed by atoms with Crippen molar-refractivity contribution in [3.8, 4) is 11.5 Å². The van der Waals surface area contributed by atoms with Gasteiger partial charge in [-0.15, -0.1) is 0 Å². The first-order valence-corrected chi connectivity index (χ1v) is 4.09. The Morgan fingerprint density at radius 2 is 2.24 bits per heavy atom. The summed E-state index contributed by atoms with van der Waals surface area (Å²) in [7, 11) is 1.48. The summed E-state index contributed by atoms with van der Waals surface area (Å²) in [4.78, 5) is 8.54. The number of nitrogens with zero attached hydrogens (tertiary/aromatic N) is 2. The first-order chi connectivity index (χ1) is 7.15. The van der Waals surface area contributed by atoms with Crippen molar-refractivity contribution in [3.05, 3.63) is 29.2 Å². The maximum atomic E-state index is 8.54. The smallest absolute Gasteiger partial charge is 0.870 e. The molecule has 0 unspecified atom stereocenters. The molecule has 0 aliphatic carbocycles. The van der Waals surface area contributed by atoms with Gasteiger partial charge in [0.25, 0.3) is 0 Å². The SMILES string of the molecule is COc1cccc(C=N[N-]C(N)=[OH+])c1[OH2+].[Cu+2].[OH-]. The van der Waals surface area contributed by atoms with Gasteiger partial charge >= 0.3 is 28.8 Å². The van der Waals surface area contributed by atoms with Gasteiger partial charge in [0.2, 0.25) is 5.75 Å². The van der Waals surface area contributed by atoms with E-state index in [1.54, 1.807) is 18.2 Å². The number of amides is 2. The predicted molar refractivity (Wildman–Crippen MR) is 60.1 cm³/mol. The summed E-state index contributed by atoms with van der Waals surface area (Å²) in [6.07, 6.45) is 1.31. The Labute approximate surface area is 108 Å². The Hall–Kier alpha value is -1.76. The Morgan fingerprint density at radius 1 is 1.59 bits per heavy atom. The normalized spacial score (nSPS) is 9.00. The van der Waals surface area contributed by atoms with Gasteiger partial charge in [0.15, 0.2) is 0 Å². The molecule has 2 amide bonds. The molecule has 0 saturated heterocycles. The summed E-state index contributed by atoms with van der Waals surface area (Å²) >= 11 is 0. The second kappa shape index (κ2) is 8.40. The number of methoxy groups -OCH3 is 1. The fourth-order valence-corrected chi connectivity index (χ4v) is 0.976. The number of rotatable bonds is 3. The average Bonchev–Trinajstić information content (AvgIpc) is 2.20. The molecule has 0 aliphatic heterocycles.